The molecule has 7 heteroatoms. The van der Waals surface area contributed by atoms with Gasteiger partial charge in [-0.25, -0.2) is 9.78 Å². The number of aromatic nitrogens is 1. The Bertz CT molecular complexity index is 434. The van der Waals surface area contributed by atoms with Crippen LogP contribution in [0.5, 0.6) is 0 Å². The molecule has 0 atom stereocenters. The number of hydrogen-bond donors (Lipinski definition) is 2. The number of rotatable bonds is 2. The average Bonchev–Trinajstić information content (AvgIpc) is 2.09. The second-order valence-corrected chi connectivity index (χ2v) is 3.41. The lowest BCUT2D eigenvalue weighted by Crippen LogP contribution is -2.12. The number of carbonyl (C=O) groups is 2. The van der Waals surface area contributed by atoms with Gasteiger partial charge in [0.05, 0.1) is 5.02 Å². The highest BCUT2D eigenvalue weighted by Crippen LogP contribution is 2.25. The molecule has 0 aliphatic carbocycles. The van der Waals surface area contributed by atoms with Gasteiger partial charge in [-0.15, -0.1) is 0 Å². The van der Waals surface area contributed by atoms with Crippen LogP contribution in [-0.2, 0) is 4.79 Å². The molecule has 0 unspecified atom stereocenters. The Morgan fingerprint density at radius 3 is 2.53 bits per heavy atom. The van der Waals surface area contributed by atoms with Gasteiger partial charge in [0.2, 0.25) is 5.91 Å². The predicted octanol–water partition coefficient (Wildman–Crippen LogP) is 2.04. The number of hydrogen-bond acceptors (Lipinski definition) is 3. The van der Waals surface area contributed by atoms with Gasteiger partial charge >= 0.3 is 5.97 Å². The number of anilines is 1. The summed E-state index contributed by atoms with van der Waals surface area (Å²) in [7, 11) is 0. The summed E-state index contributed by atoms with van der Waals surface area (Å²) in [5.41, 5.74) is -0.209. The Hall–Kier alpha value is -1.33. The van der Waals surface area contributed by atoms with Crippen LogP contribution in [0.15, 0.2) is 6.07 Å². The lowest BCUT2D eigenvalue weighted by Gasteiger charge is -2.06. The smallest absolute Gasteiger partial charge is 0.339 e. The van der Waals surface area contributed by atoms with Gasteiger partial charge in [-0.3, -0.25) is 4.79 Å². The van der Waals surface area contributed by atoms with E-state index in [1.807, 2.05) is 0 Å². The summed E-state index contributed by atoms with van der Waals surface area (Å²) < 4.78 is 0. The summed E-state index contributed by atoms with van der Waals surface area (Å²) in [6.07, 6.45) is 0. The molecule has 0 bridgehead atoms. The van der Waals surface area contributed by atoms with Crippen LogP contribution in [0.1, 0.15) is 17.3 Å². The summed E-state index contributed by atoms with van der Waals surface area (Å²) in [6, 6.07) is 1.13. The van der Waals surface area contributed by atoms with Crippen molar-refractivity contribution in [2.24, 2.45) is 0 Å². The first-order valence-corrected chi connectivity index (χ1v) is 4.54. The van der Waals surface area contributed by atoms with Gasteiger partial charge in [0.25, 0.3) is 0 Å². The molecular formula is C8H6Cl2N2O3. The number of aromatic carboxylic acids is 1. The Labute approximate surface area is 95.0 Å². The number of nitrogens with one attached hydrogen (secondary N) is 1. The van der Waals surface area contributed by atoms with Crippen LogP contribution in [-0.4, -0.2) is 22.0 Å². The van der Waals surface area contributed by atoms with Crippen LogP contribution in [0.2, 0.25) is 10.2 Å². The second kappa shape index (κ2) is 4.46. The Morgan fingerprint density at radius 1 is 1.47 bits per heavy atom. The lowest BCUT2D eigenvalue weighted by atomic mass is 10.2. The van der Waals surface area contributed by atoms with Crippen LogP contribution < -0.4 is 5.32 Å². The molecule has 0 aliphatic rings. The van der Waals surface area contributed by atoms with Crippen LogP contribution in [0.3, 0.4) is 0 Å². The predicted molar refractivity (Wildman–Crippen MR) is 55.5 cm³/mol. The van der Waals surface area contributed by atoms with Gasteiger partial charge in [0.15, 0.2) is 0 Å². The molecule has 2 N–H and O–H groups in total. The minimum absolute atomic E-state index is 0.0168. The monoisotopic (exact) mass is 248 g/mol. The molecule has 1 amide bonds. The Balaban J connectivity index is 3.28. The quantitative estimate of drug-likeness (QED) is 0.786. The molecule has 1 rings (SSSR count). The first-order valence-electron chi connectivity index (χ1n) is 3.78. The van der Waals surface area contributed by atoms with E-state index in [-0.39, 0.29) is 21.6 Å². The van der Waals surface area contributed by atoms with E-state index in [1.165, 1.54) is 6.92 Å². The maximum absolute atomic E-state index is 10.8. The summed E-state index contributed by atoms with van der Waals surface area (Å²) in [4.78, 5) is 25.2. The SMILES string of the molecule is CC(=O)Nc1nc(Cl)c(Cl)cc1C(=O)O. The van der Waals surface area contributed by atoms with Crippen molar-refractivity contribution in [3.05, 3.63) is 21.8 Å². The van der Waals surface area contributed by atoms with E-state index >= 15 is 0 Å². The summed E-state index contributed by atoms with van der Waals surface area (Å²) in [5.74, 6) is -1.81. The molecule has 0 saturated carbocycles. The van der Waals surface area contributed by atoms with Gasteiger partial charge in [0, 0.05) is 6.92 Å². The molecule has 0 radical (unpaired) electrons. The largest absolute Gasteiger partial charge is 0.478 e. The highest BCUT2D eigenvalue weighted by Gasteiger charge is 2.15. The van der Waals surface area contributed by atoms with Crippen molar-refractivity contribution in [2.75, 3.05) is 5.32 Å². The van der Waals surface area contributed by atoms with Crippen LogP contribution in [0, 0.1) is 0 Å². The molecule has 80 valence electrons. The van der Waals surface area contributed by atoms with Crippen molar-refractivity contribution in [1.82, 2.24) is 4.98 Å². The van der Waals surface area contributed by atoms with E-state index in [0.717, 1.165) is 6.07 Å². The number of carboxylic acid groups (broad SMARTS) is 1. The zero-order chi connectivity index (χ0) is 11.6. The standard InChI is InChI=1S/C8H6Cl2N2O3/c1-3(13)11-7-4(8(14)15)2-5(9)6(10)12-7/h2H,1H3,(H,14,15)(H,11,12,13). The van der Waals surface area contributed by atoms with Crippen LogP contribution in [0.4, 0.5) is 5.82 Å². The first-order chi connectivity index (χ1) is 6.91. The van der Waals surface area contributed by atoms with Gasteiger partial charge in [0.1, 0.15) is 16.5 Å². The molecule has 0 spiro atoms. The van der Waals surface area contributed by atoms with E-state index in [2.05, 4.69) is 10.3 Å². The molecule has 0 aromatic carbocycles. The van der Waals surface area contributed by atoms with Gasteiger partial charge < -0.3 is 10.4 Å². The van der Waals surface area contributed by atoms with Crippen LogP contribution in [0.25, 0.3) is 0 Å². The third kappa shape index (κ3) is 2.81. The summed E-state index contributed by atoms with van der Waals surface area (Å²) in [6.45, 7) is 1.23. The van der Waals surface area contributed by atoms with Gasteiger partial charge in [-0.05, 0) is 6.07 Å². The highest BCUT2D eigenvalue weighted by molar-refractivity contribution is 6.41. The maximum Gasteiger partial charge on any atom is 0.339 e. The average molecular weight is 249 g/mol. The molecule has 1 heterocycles. The van der Waals surface area contributed by atoms with E-state index in [9.17, 15) is 9.59 Å². The number of pyridine rings is 1. The van der Waals surface area contributed by atoms with Gasteiger partial charge in [-0.1, -0.05) is 23.2 Å². The fraction of sp³-hybridized carbons (Fsp3) is 0.125. The molecule has 1 aromatic heterocycles. The number of amides is 1. The fourth-order valence-electron chi connectivity index (χ4n) is 0.891. The summed E-state index contributed by atoms with van der Waals surface area (Å²) in [5, 5.41) is 11.0. The van der Waals surface area contributed by atoms with Crippen molar-refractivity contribution in [3.8, 4) is 0 Å². The first kappa shape index (κ1) is 11.7. The Kier molecular flexibility index (Phi) is 3.49. The third-order valence-corrected chi connectivity index (χ3v) is 2.13. The lowest BCUT2D eigenvalue weighted by molar-refractivity contribution is -0.114. The number of carbonyl (C=O) groups excluding carboxylic acids is 1. The fourth-order valence-corrected chi connectivity index (χ4v) is 1.18. The number of carboxylic acids is 1. The topological polar surface area (TPSA) is 79.3 Å². The minimum Gasteiger partial charge on any atom is -0.478 e. The van der Waals surface area contributed by atoms with E-state index in [4.69, 9.17) is 28.3 Å². The highest BCUT2D eigenvalue weighted by atomic mass is 35.5. The minimum atomic E-state index is -1.25. The molecule has 15 heavy (non-hydrogen) atoms. The normalized spacial score (nSPS) is 9.80. The molecular weight excluding hydrogens is 243 g/mol. The molecule has 0 fully saturated rings. The zero-order valence-electron chi connectivity index (χ0n) is 7.54. The molecule has 5 nitrogen and oxygen atoms in total. The van der Waals surface area contributed by atoms with E-state index in [0.29, 0.717) is 0 Å². The van der Waals surface area contributed by atoms with Crippen LogP contribution >= 0.6 is 23.2 Å². The van der Waals surface area contributed by atoms with Crippen molar-refractivity contribution in [3.63, 3.8) is 0 Å². The maximum atomic E-state index is 10.8. The van der Waals surface area contributed by atoms with Gasteiger partial charge in [-0.2, -0.15) is 0 Å². The molecule has 0 aliphatic heterocycles. The van der Waals surface area contributed by atoms with Crippen molar-refractivity contribution < 1.29 is 14.7 Å². The van der Waals surface area contributed by atoms with Crippen molar-refractivity contribution in [2.45, 2.75) is 6.92 Å². The van der Waals surface area contributed by atoms with Crippen molar-refractivity contribution >= 4 is 40.9 Å². The number of halogens is 2. The Morgan fingerprint density at radius 2 is 2.07 bits per heavy atom. The summed E-state index contributed by atoms with van der Waals surface area (Å²) >= 11 is 11.2. The van der Waals surface area contributed by atoms with E-state index in [1.54, 1.807) is 0 Å². The zero-order valence-corrected chi connectivity index (χ0v) is 9.06. The van der Waals surface area contributed by atoms with E-state index < -0.39 is 11.9 Å². The molecule has 0 saturated heterocycles. The third-order valence-electron chi connectivity index (χ3n) is 1.46. The number of nitrogens with zero attached hydrogens (tertiary/aromatic N) is 1. The molecule has 1 aromatic rings. The second-order valence-electron chi connectivity index (χ2n) is 2.64. The van der Waals surface area contributed by atoms with Crippen molar-refractivity contribution in [1.29, 1.82) is 0 Å².